The van der Waals surface area contributed by atoms with Crippen LogP contribution >= 0.6 is 0 Å². The summed E-state index contributed by atoms with van der Waals surface area (Å²) in [6, 6.07) is 12.3. The van der Waals surface area contributed by atoms with E-state index in [0.717, 1.165) is 25.0 Å². The number of hydrogen-bond donors (Lipinski definition) is 1. The lowest BCUT2D eigenvalue weighted by Crippen LogP contribution is -2.45. The second kappa shape index (κ2) is 7.25. The SMILES string of the molecule is O=C(O)c1cccc(C(=O)N(CCc2ccccn2)C2CCC2)c1. The van der Waals surface area contributed by atoms with Gasteiger partial charge in [-0.3, -0.25) is 9.78 Å². The van der Waals surface area contributed by atoms with E-state index in [-0.39, 0.29) is 17.5 Å². The lowest BCUT2D eigenvalue weighted by atomic mass is 9.90. The molecule has 0 bridgehead atoms. The van der Waals surface area contributed by atoms with Crippen molar-refractivity contribution in [3.05, 3.63) is 65.5 Å². The van der Waals surface area contributed by atoms with Crippen LogP contribution in [0.3, 0.4) is 0 Å². The van der Waals surface area contributed by atoms with Gasteiger partial charge < -0.3 is 10.0 Å². The van der Waals surface area contributed by atoms with Crippen LogP contribution in [0.25, 0.3) is 0 Å². The van der Waals surface area contributed by atoms with Gasteiger partial charge in [0.1, 0.15) is 0 Å². The van der Waals surface area contributed by atoms with Gasteiger partial charge in [-0.15, -0.1) is 0 Å². The van der Waals surface area contributed by atoms with Gasteiger partial charge in [-0.1, -0.05) is 12.1 Å². The molecule has 0 aliphatic heterocycles. The van der Waals surface area contributed by atoms with Crippen molar-refractivity contribution >= 4 is 11.9 Å². The highest BCUT2D eigenvalue weighted by Crippen LogP contribution is 2.26. The van der Waals surface area contributed by atoms with Crippen molar-refractivity contribution in [2.24, 2.45) is 0 Å². The molecule has 124 valence electrons. The summed E-state index contributed by atoms with van der Waals surface area (Å²) in [4.78, 5) is 30.2. The number of rotatable bonds is 6. The highest BCUT2D eigenvalue weighted by molar-refractivity contribution is 5.97. The van der Waals surface area contributed by atoms with E-state index in [9.17, 15) is 9.59 Å². The molecule has 0 unspecified atom stereocenters. The highest BCUT2D eigenvalue weighted by Gasteiger charge is 2.29. The Morgan fingerprint density at radius 1 is 1.12 bits per heavy atom. The van der Waals surface area contributed by atoms with Gasteiger partial charge >= 0.3 is 5.97 Å². The van der Waals surface area contributed by atoms with Gasteiger partial charge in [-0.25, -0.2) is 4.79 Å². The molecule has 1 N–H and O–H groups in total. The zero-order valence-electron chi connectivity index (χ0n) is 13.4. The van der Waals surface area contributed by atoms with Crippen molar-refractivity contribution in [3.63, 3.8) is 0 Å². The van der Waals surface area contributed by atoms with Crippen LogP contribution in [0.4, 0.5) is 0 Å². The number of carbonyl (C=O) groups is 2. The molecule has 1 fully saturated rings. The van der Waals surface area contributed by atoms with E-state index in [1.54, 1.807) is 18.3 Å². The number of aromatic carboxylic acids is 1. The molecule has 24 heavy (non-hydrogen) atoms. The number of aromatic nitrogens is 1. The van der Waals surface area contributed by atoms with Crippen molar-refractivity contribution in [2.45, 2.75) is 31.7 Å². The van der Waals surface area contributed by atoms with E-state index >= 15 is 0 Å². The van der Waals surface area contributed by atoms with E-state index in [1.807, 2.05) is 23.1 Å². The number of carboxylic acid groups (broad SMARTS) is 1. The molecular weight excluding hydrogens is 304 g/mol. The van der Waals surface area contributed by atoms with Gasteiger partial charge in [-0.05, 0) is 49.6 Å². The normalized spacial score (nSPS) is 14.0. The average Bonchev–Trinajstić information content (AvgIpc) is 2.57. The molecule has 0 atom stereocenters. The standard InChI is InChI=1S/C19H20N2O3/c22-18(14-5-3-6-15(13-14)19(23)24)21(17-8-4-9-17)12-10-16-7-1-2-11-20-16/h1-3,5-7,11,13,17H,4,8-10,12H2,(H,23,24). The number of pyridine rings is 1. The third kappa shape index (κ3) is 3.62. The Labute approximate surface area is 140 Å². The zero-order chi connectivity index (χ0) is 16.9. The maximum absolute atomic E-state index is 12.9. The summed E-state index contributed by atoms with van der Waals surface area (Å²) in [7, 11) is 0. The minimum Gasteiger partial charge on any atom is -0.478 e. The van der Waals surface area contributed by atoms with Crippen molar-refractivity contribution in [1.29, 1.82) is 0 Å². The van der Waals surface area contributed by atoms with Crippen LogP contribution in [0.15, 0.2) is 48.7 Å². The second-order valence-corrected chi connectivity index (χ2v) is 6.04. The first-order valence-corrected chi connectivity index (χ1v) is 8.19. The molecule has 0 spiro atoms. The van der Waals surface area contributed by atoms with Crippen LogP contribution in [-0.4, -0.2) is 39.5 Å². The number of benzene rings is 1. The summed E-state index contributed by atoms with van der Waals surface area (Å²) in [5, 5.41) is 9.12. The summed E-state index contributed by atoms with van der Waals surface area (Å²) < 4.78 is 0. The molecule has 1 aromatic carbocycles. The fourth-order valence-corrected chi connectivity index (χ4v) is 2.88. The van der Waals surface area contributed by atoms with Gasteiger partial charge in [0.2, 0.25) is 0 Å². The molecular formula is C19H20N2O3. The van der Waals surface area contributed by atoms with E-state index in [1.165, 1.54) is 12.1 Å². The fourth-order valence-electron chi connectivity index (χ4n) is 2.88. The molecule has 5 nitrogen and oxygen atoms in total. The quantitative estimate of drug-likeness (QED) is 0.886. The first-order chi connectivity index (χ1) is 11.6. The molecule has 1 amide bonds. The molecule has 1 heterocycles. The Hall–Kier alpha value is -2.69. The lowest BCUT2D eigenvalue weighted by molar-refractivity contribution is 0.0582. The summed E-state index contributed by atoms with van der Waals surface area (Å²) in [6.07, 6.45) is 5.59. The largest absolute Gasteiger partial charge is 0.478 e. The molecule has 0 radical (unpaired) electrons. The van der Waals surface area contributed by atoms with Crippen LogP contribution in [0.2, 0.25) is 0 Å². The van der Waals surface area contributed by atoms with Crippen LogP contribution < -0.4 is 0 Å². The van der Waals surface area contributed by atoms with E-state index < -0.39 is 5.97 Å². The highest BCUT2D eigenvalue weighted by atomic mass is 16.4. The second-order valence-electron chi connectivity index (χ2n) is 6.04. The average molecular weight is 324 g/mol. The fraction of sp³-hybridized carbons (Fsp3) is 0.316. The first-order valence-electron chi connectivity index (χ1n) is 8.19. The summed E-state index contributed by atoms with van der Waals surface area (Å²) in [5.41, 5.74) is 1.52. The first kappa shape index (κ1) is 16.2. The van der Waals surface area contributed by atoms with E-state index in [4.69, 9.17) is 5.11 Å². The zero-order valence-corrected chi connectivity index (χ0v) is 13.4. The summed E-state index contributed by atoms with van der Waals surface area (Å²) >= 11 is 0. The molecule has 5 heteroatoms. The number of nitrogens with zero attached hydrogens (tertiary/aromatic N) is 2. The van der Waals surface area contributed by atoms with E-state index in [2.05, 4.69) is 4.98 Å². The van der Waals surface area contributed by atoms with Crippen LogP contribution in [0.5, 0.6) is 0 Å². The number of carboxylic acids is 1. The molecule has 3 rings (SSSR count). The van der Waals surface area contributed by atoms with Crippen molar-refractivity contribution < 1.29 is 14.7 Å². The van der Waals surface area contributed by atoms with E-state index in [0.29, 0.717) is 18.5 Å². The molecule has 1 aliphatic carbocycles. The minimum absolute atomic E-state index is 0.0984. The molecule has 0 saturated heterocycles. The Kier molecular flexibility index (Phi) is 4.89. The van der Waals surface area contributed by atoms with Crippen molar-refractivity contribution in [2.75, 3.05) is 6.54 Å². The summed E-state index contributed by atoms with van der Waals surface area (Å²) in [5.74, 6) is -1.12. The molecule has 2 aromatic rings. The monoisotopic (exact) mass is 324 g/mol. The molecule has 1 aromatic heterocycles. The van der Waals surface area contributed by atoms with Gasteiger partial charge in [0.05, 0.1) is 5.56 Å². The van der Waals surface area contributed by atoms with Gasteiger partial charge in [0, 0.05) is 36.5 Å². The van der Waals surface area contributed by atoms with Crippen LogP contribution in [-0.2, 0) is 6.42 Å². The van der Waals surface area contributed by atoms with Crippen molar-refractivity contribution in [1.82, 2.24) is 9.88 Å². The number of hydrogen-bond acceptors (Lipinski definition) is 3. The smallest absolute Gasteiger partial charge is 0.335 e. The predicted molar refractivity (Wildman–Crippen MR) is 90.0 cm³/mol. The lowest BCUT2D eigenvalue weighted by Gasteiger charge is -2.37. The Balaban J connectivity index is 1.76. The predicted octanol–water partition coefficient (Wildman–Crippen LogP) is 3.02. The Morgan fingerprint density at radius 3 is 2.54 bits per heavy atom. The van der Waals surface area contributed by atoms with Crippen molar-refractivity contribution in [3.8, 4) is 0 Å². The van der Waals surface area contributed by atoms with Crippen LogP contribution in [0, 0.1) is 0 Å². The molecule has 1 aliphatic rings. The number of carbonyl (C=O) groups excluding carboxylic acids is 1. The van der Waals surface area contributed by atoms with Gasteiger partial charge in [0.25, 0.3) is 5.91 Å². The van der Waals surface area contributed by atoms with Crippen LogP contribution in [0.1, 0.15) is 45.7 Å². The number of amides is 1. The summed E-state index contributed by atoms with van der Waals surface area (Å²) in [6.45, 7) is 0.595. The molecule has 1 saturated carbocycles. The maximum Gasteiger partial charge on any atom is 0.335 e. The Bertz CT molecular complexity index is 726. The minimum atomic E-state index is -1.02. The third-order valence-electron chi connectivity index (χ3n) is 4.47. The third-order valence-corrected chi connectivity index (χ3v) is 4.47. The maximum atomic E-state index is 12.9. The van der Waals surface area contributed by atoms with Gasteiger partial charge in [-0.2, -0.15) is 0 Å². The Morgan fingerprint density at radius 2 is 1.92 bits per heavy atom. The topological polar surface area (TPSA) is 70.5 Å². The van der Waals surface area contributed by atoms with Gasteiger partial charge in [0.15, 0.2) is 0 Å².